The number of aliphatic hydroxyl groups excluding tert-OH is 1. The molecule has 2 unspecified atom stereocenters. The van der Waals surface area contributed by atoms with Gasteiger partial charge >= 0.3 is 0 Å². The number of rotatable bonds is 5. The van der Waals surface area contributed by atoms with Crippen molar-refractivity contribution in [3.8, 4) is 0 Å². The summed E-state index contributed by atoms with van der Waals surface area (Å²) in [6, 6.07) is 8.96. The van der Waals surface area contributed by atoms with E-state index in [9.17, 15) is 14.3 Å². The zero-order chi connectivity index (χ0) is 17.1. The van der Waals surface area contributed by atoms with Crippen LogP contribution >= 0.6 is 0 Å². The number of nitrogens with zero attached hydrogens (tertiary/aromatic N) is 1. The number of carbonyl (C=O) groups is 1. The summed E-state index contributed by atoms with van der Waals surface area (Å²) < 4.78 is 13.8. The van der Waals surface area contributed by atoms with Crippen LogP contribution in [0.3, 0.4) is 0 Å². The molecule has 2 heterocycles. The van der Waals surface area contributed by atoms with Crippen LogP contribution in [0.5, 0.6) is 0 Å². The van der Waals surface area contributed by atoms with Crippen molar-refractivity contribution in [3.05, 3.63) is 65.7 Å². The average molecular weight is 327 g/mol. The van der Waals surface area contributed by atoms with Gasteiger partial charge in [-0.2, -0.15) is 0 Å². The third kappa shape index (κ3) is 3.14. The van der Waals surface area contributed by atoms with Crippen LogP contribution in [0.1, 0.15) is 35.4 Å². The Hall–Kier alpha value is -2.73. The molecule has 0 radical (unpaired) electrons. The van der Waals surface area contributed by atoms with Crippen molar-refractivity contribution in [3.63, 3.8) is 0 Å². The normalized spacial score (nSPS) is 13.6. The molecule has 24 heavy (non-hydrogen) atoms. The second kappa shape index (κ2) is 6.80. The summed E-state index contributed by atoms with van der Waals surface area (Å²) in [4.78, 5) is 19.6. The van der Waals surface area contributed by atoms with E-state index in [0.29, 0.717) is 17.6 Å². The number of nitrogens with one attached hydrogen (secondary N) is 2. The minimum Gasteiger partial charge on any atom is -0.386 e. The lowest BCUT2D eigenvalue weighted by molar-refractivity contribution is 0.0819. The molecule has 0 aliphatic carbocycles. The standard InChI is InChI=1S/C18H18FN3O2/c1-2-15(16(23)13-5-3-4-6-14(13)19)22-18(24)12-9-11-7-8-20-17(11)21-10-12/h3-10,15-16,23H,2H2,1H3,(H,20,21)(H,22,24). The van der Waals surface area contributed by atoms with Gasteiger partial charge in [0.25, 0.3) is 5.91 Å². The van der Waals surface area contributed by atoms with Gasteiger partial charge in [0.05, 0.1) is 11.6 Å². The van der Waals surface area contributed by atoms with Crippen LogP contribution in [-0.2, 0) is 0 Å². The van der Waals surface area contributed by atoms with Gasteiger partial charge in [-0.1, -0.05) is 25.1 Å². The molecule has 6 heteroatoms. The number of hydrogen-bond donors (Lipinski definition) is 3. The van der Waals surface area contributed by atoms with Gasteiger partial charge in [0.15, 0.2) is 0 Å². The van der Waals surface area contributed by atoms with Crippen LogP contribution in [-0.4, -0.2) is 27.0 Å². The fourth-order valence-corrected chi connectivity index (χ4v) is 2.65. The van der Waals surface area contributed by atoms with Gasteiger partial charge in [-0.05, 0) is 24.6 Å². The number of aliphatic hydroxyl groups is 1. The summed E-state index contributed by atoms with van der Waals surface area (Å²) in [7, 11) is 0. The van der Waals surface area contributed by atoms with Gasteiger partial charge in [-0.15, -0.1) is 0 Å². The fraction of sp³-hybridized carbons (Fsp3) is 0.222. The molecule has 0 saturated carbocycles. The SMILES string of the molecule is CCC(NC(=O)c1cnc2[nH]ccc2c1)C(O)c1ccccc1F. The largest absolute Gasteiger partial charge is 0.386 e. The van der Waals surface area contributed by atoms with Crippen LogP contribution in [0.4, 0.5) is 4.39 Å². The van der Waals surface area contributed by atoms with E-state index in [4.69, 9.17) is 0 Å². The summed E-state index contributed by atoms with van der Waals surface area (Å²) in [5.41, 5.74) is 1.26. The molecular weight excluding hydrogens is 309 g/mol. The number of carbonyl (C=O) groups excluding carboxylic acids is 1. The van der Waals surface area contributed by atoms with Crippen molar-refractivity contribution in [1.29, 1.82) is 0 Å². The lowest BCUT2D eigenvalue weighted by atomic mass is 9.99. The number of benzene rings is 1. The number of aromatic amines is 1. The maximum atomic E-state index is 13.8. The van der Waals surface area contributed by atoms with Gasteiger partial charge in [0, 0.05) is 23.3 Å². The Morgan fingerprint density at radius 3 is 2.92 bits per heavy atom. The molecule has 1 amide bonds. The zero-order valence-corrected chi connectivity index (χ0v) is 13.2. The lowest BCUT2D eigenvalue weighted by Gasteiger charge is -2.23. The molecule has 0 bridgehead atoms. The second-order valence-corrected chi connectivity index (χ2v) is 5.59. The van der Waals surface area contributed by atoms with Crippen molar-refractivity contribution in [2.24, 2.45) is 0 Å². The third-order valence-corrected chi connectivity index (χ3v) is 4.02. The highest BCUT2D eigenvalue weighted by atomic mass is 19.1. The molecule has 1 aromatic carbocycles. The number of hydrogen-bond acceptors (Lipinski definition) is 3. The highest BCUT2D eigenvalue weighted by Crippen LogP contribution is 2.22. The first-order chi connectivity index (χ1) is 11.6. The Labute approximate surface area is 138 Å². The number of pyridine rings is 1. The molecule has 0 aliphatic rings. The van der Waals surface area contributed by atoms with Crippen LogP contribution < -0.4 is 5.32 Å². The van der Waals surface area contributed by atoms with Gasteiger partial charge in [-0.25, -0.2) is 9.37 Å². The van der Waals surface area contributed by atoms with E-state index in [1.165, 1.54) is 18.3 Å². The molecule has 5 nitrogen and oxygen atoms in total. The molecule has 2 atom stereocenters. The summed E-state index contributed by atoms with van der Waals surface area (Å²) in [6.45, 7) is 1.82. The first-order valence-electron chi connectivity index (χ1n) is 7.76. The molecule has 3 aromatic rings. The van der Waals surface area contributed by atoms with Crippen LogP contribution in [0.2, 0.25) is 0 Å². The summed E-state index contributed by atoms with van der Waals surface area (Å²) in [6.07, 6.45) is 2.55. The van der Waals surface area contributed by atoms with E-state index in [1.54, 1.807) is 24.4 Å². The monoisotopic (exact) mass is 327 g/mol. The molecule has 0 spiro atoms. The first-order valence-corrected chi connectivity index (χ1v) is 7.76. The number of amides is 1. The molecular formula is C18H18FN3O2. The van der Waals surface area contributed by atoms with Crippen molar-refractivity contribution in [2.45, 2.75) is 25.5 Å². The van der Waals surface area contributed by atoms with Gasteiger partial charge in [0.2, 0.25) is 0 Å². The molecule has 0 aliphatic heterocycles. The molecule has 3 rings (SSSR count). The second-order valence-electron chi connectivity index (χ2n) is 5.59. The van der Waals surface area contributed by atoms with E-state index < -0.39 is 18.0 Å². The molecule has 0 saturated heterocycles. The maximum absolute atomic E-state index is 13.8. The third-order valence-electron chi connectivity index (χ3n) is 4.02. The predicted octanol–water partition coefficient (Wildman–Crippen LogP) is 2.94. The fourth-order valence-electron chi connectivity index (χ4n) is 2.65. The van der Waals surface area contributed by atoms with E-state index in [1.807, 2.05) is 13.0 Å². The smallest absolute Gasteiger partial charge is 0.253 e. The summed E-state index contributed by atoms with van der Waals surface area (Å²) >= 11 is 0. The van der Waals surface area contributed by atoms with Crippen LogP contribution in [0, 0.1) is 5.82 Å². The van der Waals surface area contributed by atoms with E-state index >= 15 is 0 Å². The van der Waals surface area contributed by atoms with E-state index in [2.05, 4.69) is 15.3 Å². The minimum absolute atomic E-state index is 0.170. The maximum Gasteiger partial charge on any atom is 0.253 e. The Morgan fingerprint density at radius 1 is 1.38 bits per heavy atom. The minimum atomic E-state index is -1.12. The van der Waals surface area contributed by atoms with Gasteiger partial charge in [0.1, 0.15) is 17.6 Å². The molecule has 124 valence electrons. The number of aromatic nitrogens is 2. The van der Waals surface area contributed by atoms with Gasteiger partial charge in [-0.3, -0.25) is 4.79 Å². The Balaban J connectivity index is 1.79. The van der Waals surface area contributed by atoms with Crippen LogP contribution in [0.25, 0.3) is 11.0 Å². The highest BCUT2D eigenvalue weighted by molar-refractivity contribution is 5.97. The van der Waals surface area contributed by atoms with Gasteiger partial charge < -0.3 is 15.4 Å². The Morgan fingerprint density at radius 2 is 2.17 bits per heavy atom. The van der Waals surface area contributed by atoms with Crippen LogP contribution in [0.15, 0.2) is 48.8 Å². The van der Waals surface area contributed by atoms with E-state index in [0.717, 1.165) is 5.39 Å². The highest BCUT2D eigenvalue weighted by Gasteiger charge is 2.24. The summed E-state index contributed by atoms with van der Waals surface area (Å²) in [5, 5.41) is 14.0. The topological polar surface area (TPSA) is 78.0 Å². The lowest BCUT2D eigenvalue weighted by Crippen LogP contribution is -2.39. The van der Waals surface area contributed by atoms with Crippen molar-refractivity contribution in [1.82, 2.24) is 15.3 Å². The number of fused-ring (bicyclic) bond motifs is 1. The number of H-pyrrole nitrogens is 1. The van der Waals surface area contributed by atoms with E-state index in [-0.39, 0.29) is 11.5 Å². The van der Waals surface area contributed by atoms with Crippen molar-refractivity contribution >= 4 is 16.9 Å². The zero-order valence-electron chi connectivity index (χ0n) is 13.2. The van der Waals surface area contributed by atoms with Crippen molar-refractivity contribution < 1.29 is 14.3 Å². The molecule has 2 aromatic heterocycles. The molecule has 3 N–H and O–H groups in total. The summed E-state index contributed by atoms with van der Waals surface area (Å²) in [5.74, 6) is -0.846. The Bertz CT molecular complexity index is 862. The molecule has 0 fully saturated rings. The quantitative estimate of drug-likeness (QED) is 0.674. The number of halogens is 1. The Kier molecular flexibility index (Phi) is 4.57. The predicted molar refractivity (Wildman–Crippen MR) is 89.0 cm³/mol. The average Bonchev–Trinajstić information content (AvgIpc) is 3.07. The van der Waals surface area contributed by atoms with Crippen molar-refractivity contribution in [2.75, 3.05) is 0 Å². The first kappa shape index (κ1) is 16.1.